The average molecular weight is 160 g/mol. The molecule has 0 atom stereocenters. The lowest BCUT2D eigenvalue weighted by molar-refractivity contribution is 0.807. The molecule has 60 valence electrons. The van der Waals surface area contributed by atoms with Gasteiger partial charge in [0, 0.05) is 31.1 Å². The molecule has 12 heavy (non-hydrogen) atoms. The van der Waals surface area contributed by atoms with Gasteiger partial charge in [-0.15, -0.1) is 0 Å². The highest BCUT2D eigenvalue weighted by atomic mass is 16.1. The lowest BCUT2D eigenvalue weighted by atomic mass is 10.3. The van der Waals surface area contributed by atoms with Crippen LogP contribution in [0.4, 0.5) is 0 Å². The van der Waals surface area contributed by atoms with Crippen molar-refractivity contribution in [3.05, 3.63) is 46.5 Å². The molecular weight excluding hydrogens is 152 g/mol. The molecule has 0 fully saturated rings. The van der Waals surface area contributed by atoms with E-state index in [1.807, 2.05) is 10.6 Å². The van der Waals surface area contributed by atoms with E-state index in [0.717, 1.165) is 12.2 Å². The number of nitrogens with zero attached hydrogens (tertiary/aromatic N) is 2. The first kappa shape index (κ1) is 7.03. The molecule has 3 heteroatoms. The van der Waals surface area contributed by atoms with E-state index in [1.165, 1.54) is 0 Å². The molecule has 0 saturated heterocycles. The van der Waals surface area contributed by atoms with Gasteiger partial charge in [-0.2, -0.15) is 0 Å². The van der Waals surface area contributed by atoms with Crippen LogP contribution in [0.15, 0.2) is 40.4 Å². The Hall–Kier alpha value is -1.64. The molecule has 1 aliphatic heterocycles. The molecule has 1 aromatic rings. The average Bonchev–Trinajstić information content (AvgIpc) is 2.28. The fourth-order valence-electron chi connectivity index (χ4n) is 1.14. The lowest BCUT2D eigenvalue weighted by Crippen LogP contribution is -2.09. The summed E-state index contributed by atoms with van der Waals surface area (Å²) in [4.78, 5) is 14.9. The Kier molecular flexibility index (Phi) is 1.63. The highest BCUT2D eigenvalue weighted by Gasteiger charge is 1.97. The van der Waals surface area contributed by atoms with Crippen LogP contribution in [0.1, 0.15) is 5.69 Å². The molecule has 0 radical (unpaired) electrons. The Morgan fingerprint density at radius 3 is 3.33 bits per heavy atom. The van der Waals surface area contributed by atoms with Crippen LogP contribution >= 0.6 is 0 Å². The van der Waals surface area contributed by atoms with Crippen molar-refractivity contribution in [2.45, 2.75) is 6.54 Å². The number of pyridine rings is 1. The van der Waals surface area contributed by atoms with E-state index in [1.54, 1.807) is 30.7 Å². The first-order valence-corrected chi connectivity index (χ1v) is 3.75. The van der Waals surface area contributed by atoms with Crippen molar-refractivity contribution >= 4 is 6.21 Å². The van der Waals surface area contributed by atoms with E-state index < -0.39 is 0 Å². The van der Waals surface area contributed by atoms with Crippen molar-refractivity contribution in [3.63, 3.8) is 0 Å². The Morgan fingerprint density at radius 1 is 1.50 bits per heavy atom. The Morgan fingerprint density at radius 2 is 2.42 bits per heavy atom. The molecular formula is C9H8N2O. The molecule has 0 unspecified atom stereocenters. The summed E-state index contributed by atoms with van der Waals surface area (Å²) >= 11 is 0. The predicted molar refractivity (Wildman–Crippen MR) is 47.4 cm³/mol. The first-order chi connectivity index (χ1) is 5.86. The quantitative estimate of drug-likeness (QED) is 0.552. The smallest absolute Gasteiger partial charge is 0.182 e. The van der Waals surface area contributed by atoms with Gasteiger partial charge in [0.05, 0.1) is 11.9 Å². The van der Waals surface area contributed by atoms with E-state index >= 15 is 0 Å². The molecule has 1 aromatic heterocycles. The minimum Gasteiger partial charge on any atom is -0.343 e. The summed E-state index contributed by atoms with van der Waals surface area (Å²) in [7, 11) is 0. The molecule has 0 N–H and O–H groups in total. The van der Waals surface area contributed by atoms with Crippen molar-refractivity contribution in [3.8, 4) is 0 Å². The van der Waals surface area contributed by atoms with Gasteiger partial charge in [-0.1, -0.05) is 0 Å². The van der Waals surface area contributed by atoms with E-state index in [2.05, 4.69) is 4.99 Å². The standard InChI is InChI=1S/C9H8N2O/c12-9-2-5-11-4-1-3-10-7-8(11)6-9/h1-3,5-7H,4H2. The van der Waals surface area contributed by atoms with E-state index in [4.69, 9.17) is 0 Å². The highest BCUT2D eigenvalue weighted by Crippen LogP contribution is 1.98. The summed E-state index contributed by atoms with van der Waals surface area (Å²) in [6, 6.07) is 3.13. The maximum absolute atomic E-state index is 11.0. The van der Waals surface area contributed by atoms with Crippen LogP contribution in [0.25, 0.3) is 0 Å². The fourth-order valence-corrected chi connectivity index (χ4v) is 1.14. The second-order valence-corrected chi connectivity index (χ2v) is 2.60. The maximum Gasteiger partial charge on any atom is 0.182 e. The van der Waals surface area contributed by atoms with E-state index in [9.17, 15) is 4.79 Å². The molecule has 0 aromatic carbocycles. The predicted octanol–water partition coefficient (Wildman–Crippen LogP) is 0.794. The van der Waals surface area contributed by atoms with Gasteiger partial charge in [0.2, 0.25) is 0 Å². The number of aromatic nitrogens is 1. The summed E-state index contributed by atoms with van der Waals surface area (Å²) < 4.78 is 1.97. The molecule has 2 rings (SSSR count). The second-order valence-electron chi connectivity index (χ2n) is 2.60. The minimum atomic E-state index is 0.0228. The summed E-state index contributed by atoms with van der Waals surface area (Å²) in [5.41, 5.74) is 0.877. The van der Waals surface area contributed by atoms with Crippen LogP contribution < -0.4 is 5.43 Å². The molecule has 0 amide bonds. The molecule has 0 bridgehead atoms. The molecule has 3 nitrogen and oxygen atoms in total. The second kappa shape index (κ2) is 2.77. The number of aliphatic imine (C=N–C) groups is 1. The van der Waals surface area contributed by atoms with Gasteiger partial charge < -0.3 is 4.57 Å². The monoisotopic (exact) mass is 160 g/mol. The Labute approximate surface area is 69.7 Å². The summed E-state index contributed by atoms with van der Waals surface area (Å²) in [6.45, 7) is 0.773. The molecule has 0 saturated carbocycles. The molecule has 2 heterocycles. The van der Waals surface area contributed by atoms with Gasteiger partial charge in [-0.25, -0.2) is 0 Å². The fraction of sp³-hybridized carbons (Fsp3) is 0.111. The van der Waals surface area contributed by atoms with Gasteiger partial charge in [-0.05, 0) is 6.08 Å². The van der Waals surface area contributed by atoms with Crippen LogP contribution in [0, 0.1) is 0 Å². The zero-order valence-corrected chi connectivity index (χ0v) is 6.47. The number of rotatable bonds is 0. The molecule has 1 aliphatic rings. The third-order valence-corrected chi connectivity index (χ3v) is 1.74. The van der Waals surface area contributed by atoms with Crippen LogP contribution in [0.2, 0.25) is 0 Å². The molecule has 0 aliphatic carbocycles. The number of hydrogen-bond donors (Lipinski definition) is 0. The number of hydrogen-bond acceptors (Lipinski definition) is 2. The third-order valence-electron chi connectivity index (χ3n) is 1.74. The Balaban J connectivity index is 2.60. The van der Waals surface area contributed by atoms with Crippen molar-refractivity contribution < 1.29 is 0 Å². The van der Waals surface area contributed by atoms with Gasteiger partial charge in [-0.3, -0.25) is 9.79 Å². The Bertz CT molecular complexity index is 401. The van der Waals surface area contributed by atoms with Crippen molar-refractivity contribution in [2.75, 3.05) is 0 Å². The zero-order chi connectivity index (χ0) is 8.39. The minimum absolute atomic E-state index is 0.0228. The summed E-state index contributed by atoms with van der Waals surface area (Å²) in [6.07, 6.45) is 7.14. The van der Waals surface area contributed by atoms with Crippen LogP contribution in [-0.4, -0.2) is 10.8 Å². The van der Waals surface area contributed by atoms with Crippen LogP contribution in [0.3, 0.4) is 0 Å². The zero-order valence-electron chi connectivity index (χ0n) is 6.47. The van der Waals surface area contributed by atoms with Crippen molar-refractivity contribution in [1.29, 1.82) is 0 Å². The topological polar surface area (TPSA) is 34.4 Å². The maximum atomic E-state index is 11.0. The lowest BCUT2D eigenvalue weighted by Gasteiger charge is -2.04. The normalized spacial score (nSPS) is 14.0. The van der Waals surface area contributed by atoms with Crippen molar-refractivity contribution in [2.24, 2.45) is 4.99 Å². The van der Waals surface area contributed by atoms with Crippen molar-refractivity contribution in [1.82, 2.24) is 4.57 Å². The largest absolute Gasteiger partial charge is 0.343 e. The highest BCUT2D eigenvalue weighted by molar-refractivity contribution is 5.78. The van der Waals surface area contributed by atoms with Crippen LogP contribution in [0.5, 0.6) is 0 Å². The van der Waals surface area contributed by atoms with Gasteiger partial charge in [0.25, 0.3) is 0 Å². The van der Waals surface area contributed by atoms with Gasteiger partial charge in [0.1, 0.15) is 0 Å². The summed E-state index contributed by atoms with van der Waals surface area (Å²) in [5, 5.41) is 0. The van der Waals surface area contributed by atoms with Crippen LogP contribution in [-0.2, 0) is 6.54 Å². The SMILES string of the molecule is O=c1ccn2c(c1)C=NC=CC2. The summed E-state index contributed by atoms with van der Waals surface area (Å²) in [5.74, 6) is 0. The van der Waals surface area contributed by atoms with Gasteiger partial charge in [0.15, 0.2) is 5.43 Å². The third kappa shape index (κ3) is 1.21. The first-order valence-electron chi connectivity index (χ1n) is 3.75. The number of allylic oxidation sites excluding steroid dienone is 1. The van der Waals surface area contributed by atoms with E-state index in [-0.39, 0.29) is 5.43 Å². The van der Waals surface area contributed by atoms with Gasteiger partial charge >= 0.3 is 0 Å². The molecule has 0 spiro atoms. The van der Waals surface area contributed by atoms with E-state index in [0.29, 0.717) is 0 Å². The number of fused-ring (bicyclic) bond motifs is 1.